The largest absolute Gasteiger partial charge is 0.352 e. The minimum Gasteiger partial charge on any atom is -0.352 e. The lowest BCUT2D eigenvalue weighted by Gasteiger charge is -2.21. The summed E-state index contributed by atoms with van der Waals surface area (Å²) in [6.07, 6.45) is 0.999. The summed E-state index contributed by atoms with van der Waals surface area (Å²) >= 11 is 3.46. The van der Waals surface area contributed by atoms with Gasteiger partial charge < -0.3 is 5.32 Å². The molecular weight excluding hydrogens is 290 g/mol. The summed E-state index contributed by atoms with van der Waals surface area (Å²) in [4.78, 5) is 12.2. The molecule has 2 nitrogen and oxygen atoms in total. The molecule has 1 rings (SSSR count). The molecular formula is C15H22BrNO. The number of hydrogen-bond donors (Lipinski definition) is 1. The number of halogens is 1. The van der Waals surface area contributed by atoms with Gasteiger partial charge in [0.05, 0.1) is 5.92 Å². The maximum absolute atomic E-state index is 12.2. The summed E-state index contributed by atoms with van der Waals surface area (Å²) in [6.45, 7) is 6.29. The maximum Gasteiger partial charge on any atom is 0.227 e. The van der Waals surface area contributed by atoms with E-state index in [4.69, 9.17) is 0 Å². The Bertz CT molecular complexity index is 364. The Balaban J connectivity index is 2.59. The first-order chi connectivity index (χ1) is 8.54. The van der Waals surface area contributed by atoms with E-state index < -0.39 is 0 Å². The SMILES string of the molecule is CC(C)CC(CBr)NC(=O)C(C)c1ccccc1. The third-order valence-corrected chi connectivity index (χ3v) is 3.76. The van der Waals surface area contributed by atoms with E-state index in [0.29, 0.717) is 5.92 Å². The van der Waals surface area contributed by atoms with Crippen LogP contribution in [0.5, 0.6) is 0 Å². The molecule has 1 amide bonds. The minimum absolute atomic E-state index is 0.0973. The topological polar surface area (TPSA) is 29.1 Å². The van der Waals surface area contributed by atoms with E-state index >= 15 is 0 Å². The number of nitrogens with one attached hydrogen (secondary N) is 1. The molecule has 2 atom stereocenters. The molecule has 1 aromatic carbocycles. The van der Waals surface area contributed by atoms with Gasteiger partial charge in [-0.2, -0.15) is 0 Å². The molecule has 0 radical (unpaired) electrons. The van der Waals surface area contributed by atoms with Crippen LogP contribution in [0.2, 0.25) is 0 Å². The van der Waals surface area contributed by atoms with Crippen molar-refractivity contribution in [1.82, 2.24) is 5.32 Å². The molecule has 0 bridgehead atoms. The molecule has 100 valence electrons. The molecule has 0 aliphatic rings. The molecule has 0 spiro atoms. The van der Waals surface area contributed by atoms with Gasteiger partial charge in [0.1, 0.15) is 0 Å². The normalized spacial score (nSPS) is 14.3. The van der Waals surface area contributed by atoms with Gasteiger partial charge in [-0.1, -0.05) is 60.1 Å². The van der Waals surface area contributed by atoms with Gasteiger partial charge in [-0.15, -0.1) is 0 Å². The highest BCUT2D eigenvalue weighted by molar-refractivity contribution is 9.09. The summed E-state index contributed by atoms with van der Waals surface area (Å²) in [5.41, 5.74) is 1.06. The van der Waals surface area contributed by atoms with Gasteiger partial charge in [-0.3, -0.25) is 4.79 Å². The van der Waals surface area contributed by atoms with E-state index in [1.807, 2.05) is 37.3 Å². The number of amides is 1. The van der Waals surface area contributed by atoms with Crippen LogP contribution in [0.25, 0.3) is 0 Å². The zero-order chi connectivity index (χ0) is 13.5. The smallest absolute Gasteiger partial charge is 0.227 e. The zero-order valence-corrected chi connectivity index (χ0v) is 12.9. The lowest BCUT2D eigenvalue weighted by molar-refractivity contribution is -0.122. The van der Waals surface area contributed by atoms with E-state index in [1.165, 1.54) is 0 Å². The molecule has 0 aliphatic carbocycles. The quantitative estimate of drug-likeness (QED) is 0.797. The molecule has 1 aromatic rings. The van der Waals surface area contributed by atoms with E-state index in [-0.39, 0.29) is 17.9 Å². The average Bonchev–Trinajstić information content (AvgIpc) is 2.37. The predicted molar refractivity (Wildman–Crippen MR) is 80.0 cm³/mol. The van der Waals surface area contributed by atoms with Crippen molar-refractivity contribution in [3.8, 4) is 0 Å². The minimum atomic E-state index is -0.0973. The van der Waals surface area contributed by atoms with Crippen LogP contribution in [-0.4, -0.2) is 17.3 Å². The van der Waals surface area contributed by atoms with E-state index in [9.17, 15) is 4.79 Å². The van der Waals surface area contributed by atoms with Crippen molar-refractivity contribution >= 4 is 21.8 Å². The molecule has 0 aliphatic heterocycles. The van der Waals surface area contributed by atoms with Crippen LogP contribution in [-0.2, 0) is 4.79 Å². The highest BCUT2D eigenvalue weighted by Gasteiger charge is 2.18. The summed E-state index contributed by atoms with van der Waals surface area (Å²) in [5.74, 6) is 0.589. The van der Waals surface area contributed by atoms with Crippen LogP contribution in [0, 0.1) is 5.92 Å². The van der Waals surface area contributed by atoms with Crippen molar-refractivity contribution in [2.45, 2.75) is 39.2 Å². The second-order valence-electron chi connectivity index (χ2n) is 5.12. The number of rotatable bonds is 6. The number of hydrogen-bond acceptors (Lipinski definition) is 1. The fourth-order valence-corrected chi connectivity index (χ4v) is 2.38. The maximum atomic E-state index is 12.2. The van der Waals surface area contributed by atoms with Gasteiger partial charge in [0, 0.05) is 11.4 Å². The average molecular weight is 312 g/mol. The van der Waals surface area contributed by atoms with E-state index in [1.54, 1.807) is 0 Å². The second-order valence-corrected chi connectivity index (χ2v) is 5.77. The molecule has 3 heteroatoms. The van der Waals surface area contributed by atoms with Crippen molar-refractivity contribution < 1.29 is 4.79 Å². The van der Waals surface area contributed by atoms with Crippen LogP contribution in [0.15, 0.2) is 30.3 Å². The van der Waals surface area contributed by atoms with Crippen LogP contribution in [0.3, 0.4) is 0 Å². The Morgan fingerprint density at radius 3 is 2.33 bits per heavy atom. The van der Waals surface area contributed by atoms with Crippen molar-refractivity contribution in [1.29, 1.82) is 0 Å². The summed E-state index contributed by atoms with van der Waals surface area (Å²) in [6, 6.07) is 10.1. The predicted octanol–water partition coefficient (Wildman–Crippen LogP) is 3.72. The van der Waals surface area contributed by atoms with Crippen molar-refractivity contribution in [2.24, 2.45) is 5.92 Å². The molecule has 0 heterocycles. The Hall–Kier alpha value is -0.830. The Kier molecular flexibility index (Phi) is 6.41. The lowest BCUT2D eigenvalue weighted by Crippen LogP contribution is -2.39. The molecule has 2 unspecified atom stereocenters. The van der Waals surface area contributed by atoms with Gasteiger partial charge >= 0.3 is 0 Å². The number of benzene rings is 1. The van der Waals surface area contributed by atoms with Crippen LogP contribution < -0.4 is 5.32 Å². The number of alkyl halides is 1. The van der Waals surface area contributed by atoms with Gasteiger partial charge in [0.25, 0.3) is 0 Å². The number of carbonyl (C=O) groups excluding carboxylic acids is 1. The van der Waals surface area contributed by atoms with Crippen molar-refractivity contribution in [3.05, 3.63) is 35.9 Å². The first-order valence-corrected chi connectivity index (χ1v) is 7.58. The highest BCUT2D eigenvalue weighted by Crippen LogP contribution is 2.16. The summed E-state index contributed by atoms with van der Waals surface area (Å²) in [5, 5.41) is 3.91. The summed E-state index contributed by atoms with van der Waals surface area (Å²) in [7, 11) is 0. The van der Waals surface area contributed by atoms with Crippen molar-refractivity contribution in [2.75, 3.05) is 5.33 Å². The fourth-order valence-electron chi connectivity index (χ4n) is 1.95. The standard InChI is InChI=1S/C15H22BrNO/c1-11(2)9-14(10-16)17-15(18)12(3)13-7-5-4-6-8-13/h4-8,11-12,14H,9-10H2,1-3H3,(H,17,18). The molecule has 0 saturated carbocycles. The van der Waals surface area contributed by atoms with Gasteiger partial charge in [0.15, 0.2) is 0 Å². The molecule has 0 saturated heterocycles. The van der Waals surface area contributed by atoms with E-state index in [0.717, 1.165) is 17.3 Å². The van der Waals surface area contributed by atoms with Crippen molar-refractivity contribution in [3.63, 3.8) is 0 Å². The molecule has 1 N–H and O–H groups in total. The highest BCUT2D eigenvalue weighted by atomic mass is 79.9. The van der Waals surface area contributed by atoms with Crippen LogP contribution >= 0.6 is 15.9 Å². The molecule has 0 aromatic heterocycles. The molecule has 0 fully saturated rings. The Morgan fingerprint density at radius 1 is 1.22 bits per heavy atom. The van der Waals surface area contributed by atoms with Gasteiger partial charge in [-0.05, 0) is 24.8 Å². The van der Waals surface area contributed by atoms with Gasteiger partial charge in [-0.25, -0.2) is 0 Å². The first-order valence-electron chi connectivity index (χ1n) is 6.45. The monoisotopic (exact) mass is 311 g/mol. The third-order valence-electron chi connectivity index (χ3n) is 2.98. The van der Waals surface area contributed by atoms with Crippen LogP contribution in [0.1, 0.15) is 38.7 Å². The van der Waals surface area contributed by atoms with E-state index in [2.05, 4.69) is 35.1 Å². The fraction of sp³-hybridized carbons (Fsp3) is 0.533. The third kappa shape index (κ3) is 4.81. The Labute approximate surface area is 118 Å². The second kappa shape index (κ2) is 7.57. The zero-order valence-electron chi connectivity index (χ0n) is 11.3. The summed E-state index contributed by atoms with van der Waals surface area (Å²) < 4.78 is 0. The lowest BCUT2D eigenvalue weighted by atomic mass is 9.99. The van der Waals surface area contributed by atoms with Crippen LogP contribution in [0.4, 0.5) is 0 Å². The van der Waals surface area contributed by atoms with Gasteiger partial charge in [0.2, 0.25) is 5.91 Å². The first kappa shape index (κ1) is 15.2. The number of carbonyl (C=O) groups is 1. The molecule has 18 heavy (non-hydrogen) atoms. The Morgan fingerprint density at radius 2 is 1.83 bits per heavy atom.